The number of hydrogen-bond acceptors (Lipinski definition) is 4. The van der Waals surface area contributed by atoms with Crippen molar-refractivity contribution in [3.05, 3.63) is 69.3 Å². The number of benzene rings is 2. The lowest BCUT2D eigenvalue weighted by Gasteiger charge is -2.35. The van der Waals surface area contributed by atoms with E-state index in [-0.39, 0.29) is 16.5 Å². The fourth-order valence-corrected chi connectivity index (χ4v) is 3.09. The van der Waals surface area contributed by atoms with E-state index in [9.17, 15) is 14.9 Å². The van der Waals surface area contributed by atoms with Crippen molar-refractivity contribution in [3.63, 3.8) is 0 Å². The van der Waals surface area contributed by atoms with Crippen LogP contribution in [0, 0.1) is 24.0 Å². The van der Waals surface area contributed by atoms with Crippen LogP contribution in [0.2, 0.25) is 0 Å². The lowest BCUT2D eigenvalue weighted by atomic mass is 10.1. The first kappa shape index (κ1) is 17.0. The lowest BCUT2D eigenvalue weighted by molar-refractivity contribution is -0.384. The Kier molecular flexibility index (Phi) is 4.70. The number of hydrogen-bond donors (Lipinski definition) is 0. The molecule has 1 heterocycles. The third-order valence-corrected chi connectivity index (χ3v) is 4.74. The standard InChI is InChI=1S/C19H21N3O3/c1-14-7-8-16(13-15(14)2)19(23)21-11-9-20(10-12-21)17-5-3-4-6-18(17)22(24)25/h3-8,13H,9-12H2,1-2H3. The highest BCUT2D eigenvalue weighted by molar-refractivity contribution is 5.94. The van der Waals surface area contributed by atoms with Gasteiger partial charge in [0.2, 0.25) is 0 Å². The summed E-state index contributed by atoms with van der Waals surface area (Å²) in [5.41, 5.74) is 3.69. The average Bonchev–Trinajstić information content (AvgIpc) is 2.63. The monoisotopic (exact) mass is 339 g/mol. The van der Waals surface area contributed by atoms with Crippen molar-refractivity contribution in [2.75, 3.05) is 31.1 Å². The van der Waals surface area contributed by atoms with E-state index in [0.29, 0.717) is 37.4 Å². The van der Waals surface area contributed by atoms with Crippen LogP contribution in [0.3, 0.4) is 0 Å². The second-order valence-electron chi connectivity index (χ2n) is 6.32. The Bertz CT molecular complexity index is 811. The van der Waals surface area contributed by atoms with Crippen LogP contribution in [0.5, 0.6) is 0 Å². The number of amides is 1. The highest BCUT2D eigenvalue weighted by Gasteiger charge is 2.26. The molecule has 3 rings (SSSR count). The van der Waals surface area contributed by atoms with E-state index in [4.69, 9.17) is 0 Å². The average molecular weight is 339 g/mol. The van der Waals surface area contributed by atoms with Crippen LogP contribution in [0.4, 0.5) is 11.4 Å². The summed E-state index contributed by atoms with van der Waals surface area (Å²) in [5, 5.41) is 11.2. The summed E-state index contributed by atoms with van der Waals surface area (Å²) in [6, 6.07) is 12.5. The van der Waals surface area contributed by atoms with Gasteiger partial charge in [0.05, 0.1) is 4.92 Å². The zero-order chi connectivity index (χ0) is 18.0. The van der Waals surface area contributed by atoms with E-state index in [0.717, 1.165) is 11.1 Å². The zero-order valence-corrected chi connectivity index (χ0v) is 14.4. The Morgan fingerprint density at radius 3 is 2.32 bits per heavy atom. The molecule has 1 saturated heterocycles. The molecule has 6 nitrogen and oxygen atoms in total. The minimum Gasteiger partial charge on any atom is -0.362 e. The van der Waals surface area contributed by atoms with E-state index >= 15 is 0 Å². The number of para-hydroxylation sites is 2. The first-order chi connectivity index (χ1) is 12.0. The van der Waals surface area contributed by atoms with Crippen LogP contribution in [-0.2, 0) is 0 Å². The van der Waals surface area contributed by atoms with Crippen molar-refractivity contribution < 1.29 is 9.72 Å². The van der Waals surface area contributed by atoms with Crippen LogP contribution in [0.1, 0.15) is 21.5 Å². The molecular weight excluding hydrogens is 318 g/mol. The number of nitro benzene ring substituents is 1. The molecule has 0 spiro atoms. The van der Waals surface area contributed by atoms with Gasteiger partial charge in [-0.15, -0.1) is 0 Å². The van der Waals surface area contributed by atoms with Crippen LogP contribution < -0.4 is 4.90 Å². The molecule has 0 aromatic heterocycles. The van der Waals surface area contributed by atoms with Crippen molar-refractivity contribution in [3.8, 4) is 0 Å². The van der Waals surface area contributed by atoms with Gasteiger partial charge in [-0.3, -0.25) is 14.9 Å². The van der Waals surface area contributed by atoms with E-state index in [2.05, 4.69) is 0 Å². The maximum Gasteiger partial charge on any atom is 0.292 e. The molecular formula is C19H21N3O3. The molecule has 2 aromatic rings. The zero-order valence-electron chi connectivity index (χ0n) is 14.4. The topological polar surface area (TPSA) is 66.7 Å². The van der Waals surface area contributed by atoms with Crippen molar-refractivity contribution in [2.24, 2.45) is 0 Å². The van der Waals surface area contributed by atoms with E-state index < -0.39 is 0 Å². The Balaban J connectivity index is 1.71. The first-order valence-corrected chi connectivity index (χ1v) is 8.32. The van der Waals surface area contributed by atoms with Gasteiger partial charge in [0.15, 0.2) is 0 Å². The number of carbonyl (C=O) groups is 1. The Morgan fingerprint density at radius 2 is 1.68 bits per heavy atom. The maximum atomic E-state index is 12.7. The molecule has 6 heteroatoms. The largest absolute Gasteiger partial charge is 0.362 e. The van der Waals surface area contributed by atoms with Gasteiger partial charge in [-0.2, -0.15) is 0 Å². The normalized spacial score (nSPS) is 14.5. The molecule has 1 fully saturated rings. The lowest BCUT2D eigenvalue weighted by Crippen LogP contribution is -2.49. The molecule has 2 aromatic carbocycles. The maximum absolute atomic E-state index is 12.7. The molecule has 1 amide bonds. The minimum absolute atomic E-state index is 0.0188. The number of piperazine rings is 1. The first-order valence-electron chi connectivity index (χ1n) is 8.32. The highest BCUT2D eigenvalue weighted by atomic mass is 16.6. The molecule has 0 N–H and O–H groups in total. The number of nitrogens with zero attached hydrogens (tertiary/aromatic N) is 3. The summed E-state index contributed by atoms with van der Waals surface area (Å²) >= 11 is 0. The summed E-state index contributed by atoms with van der Waals surface area (Å²) in [6.45, 7) is 6.30. The van der Waals surface area contributed by atoms with Crippen molar-refractivity contribution in [2.45, 2.75) is 13.8 Å². The second kappa shape index (κ2) is 6.93. The summed E-state index contributed by atoms with van der Waals surface area (Å²) in [4.78, 5) is 27.3. The van der Waals surface area contributed by atoms with Crippen LogP contribution in [-0.4, -0.2) is 41.9 Å². The van der Waals surface area contributed by atoms with Gasteiger partial charge in [0.1, 0.15) is 5.69 Å². The van der Waals surface area contributed by atoms with Crippen molar-refractivity contribution in [1.82, 2.24) is 4.90 Å². The summed E-state index contributed by atoms with van der Waals surface area (Å²) < 4.78 is 0. The molecule has 25 heavy (non-hydrogen) atoms. The summed E-state index contributed by atoms with van der Waals surface area (Å²) in [7, 11) is 0. The Labute approximate surface area is 146 Å². The van der Waals surface area contributed by atoms with E-state index in [1.807, 2.05) is 41.8 Å². The summed E-state index contributed by atoms with van der Waals surface area (Å²) in [5.74, 6) is 0.0188. The smallest absolute Gasteiger partial charge is 0.292 e. The molecule has 130 valence electrons. The van der Waals surface area contributed by atoms with Gasteiger partial charge in [-0.25, -0.2) is 0 Å². The molecule has 0 aliphatic carbocycles. The fraction of sp³-hybridized carbons (Fsp3) is 0.316. The molecule has 0 saturated carbocycles. The highest BCUT2D eigenvalue weighted by Crippen LogP contribution is 2.28. The predicted octanol–water partition coefficient (Wildman–Crippen LogP) is 3.17. The van der Waals surface area contributed by atoms with Crippen LogP contribution in [0.25, 0.3) is 0 Å². The van der Waals surface area contributed by atoms with Gasteiger partial charge in [0, 0.05) is 37.8 Å². The molecule has 0 radical (unpaired) electrons. The summed E-state index contributed by atoms with van der Waals surface area (Å²) in [6.07, 6.45) is 0. The van der Waals surface area contributed by atoms with Gasteiger partial charge in [-0.1, -0.05) is 18.2 Å². The number of carbonyl (C=O) groups excluding carboxylic acids is 1. The minimum atomic E-state index is -0.359. The third-order valence-electron chi connectivity index (χ3n) is 4.74. The van der Waals surface area contributed by atoms with Gasteiger partial charge in [0.25, 0.3) is 11.6 Å². The van der Waals surface area contributed by atoms with Crippen LogP contribution in [0.15, 0.2) is 42.5 Å². The molecule has 0 bridgehead atoms. The van der Waals surface area contributed by atoms with E-state index in [1.54, 1.807) is 18.2 Å². The number of anilines is 1. The number of rotatable bonds is 3. The van der Waals surface area contributed by atoms with Gasteiger partial charge in [-0.05, 0) is 43.2 Å². The van der Waals surface area contributed by atoms with E-state index in [1.165, 1.54) is 6.07 Å². The predicted molar refractivity (Wildman–Crippen MR) is 97.1 cm³/mol. The number of aryl methyl sites for hydroxylation is 2. The van der Waals surface area contributed by atoms with Gasteiger partial charge < -0.3 is 9.80 Å². The molecule has 0 unspecified atom stereocenters. The Hall–Kier alpha value is -2.89. The quantitative estimate of drug-likeness (QED) is 0.636. The second-order valence-corrected chi connectivity index (χ2v) is 6.32. The third kappa shape index (κ3) is 3.47. The van der Waals surface area contributed by atoms with Crippen molar-refractivity contribution in [1.29, 1.82) is 0 Å². The molecule has 0 atom stereocenters. The fourth-order valence-electron chi connectivity index (χ4n) is 3.09. The Morgan fingerprint density at radius 1 is 1.00 bits per heavy atom. The molecule has 1 aliphatic rings. The molecule has 1 aliphatic heterocycles. The van der Waals surface area contributed by atoms with Crippen molar-refractivity contribution >= 4 is 17.3 Å². The van der Waals surface area contributed by atoms with Crippen LogP contribution >= 0.6 is 0 Å². The van der Waals surface area contributed by atoms with Gasteiger partial charge >= 0.3 is 0 Å². The SMILES string of the molecule is Cc1ccc(C(=O)N2CCN(c3ccccc3[N+](=O)[O-])CC2)cc1C. The number of nitro groups is 1.